The van der Waals surface area contributed by atoms with Gasteiger partial charge in [-0.05, 0) is 70.1 Å². The Kier molecular flexibility index (Phi) is 12.3. The molecule has 3 unspecified atom stereocenters. The van der Waals surface area contributed by atoms with Gasteiger partial charge in [0.2, 0.25) is 17.7 Å². The predicted octanol–water partition coefficient (Wildman–Crippen LogP) is 4.77. The Balaban J connectivity index is 1.38. The summed E-state index contributed by atoms with van der Waals surface area (Å²) in [6.07, 6.45) is 19.9. The molecule has 4 fully saturated rings. The molecule has 41 heavy (non-hydrogen) atoms. The van der Waals surface area contributed by atoms with E-state index in [4.69, 9.17) is 0 Å². The first-order chi connectivity index (χ1) is 19.8. The number of nitrogens with zero attached hydrogens (tertiary/aromatic N) is 1. The lowest BCUT2D eigenvalue weighted by molar-refractivity contribution is -0.138. The standard InChI is InChI=1S/C33H59N5O3/c1-24(2)18-19-30(39)35-27(22-31(40)38-21-13-11-14-25(38)3)32(41)34-23-29-36-28-17-10-12-20-33(28,37-29)26-15-8-6-4-5-7-9-16-26/h24-29,36-37H,4-23H2,1-3H3,(H,34,41)(H,35,39)/t25-,27-,28?,29?,33?/m0/s1. The highest BCUT2D eigenvalue weighted by Crippen LogP contribution is 2.43. The number of carbonyl (C=O) groups excluding carboxylic acids is 3. The minimum Gasteiger partial charge on any atom is -0.351 e. The molecule has 0 aromatic carbocycles. The van der Waals surface area contributed by atoms with E-state index in [9.17, 15) is 14.4 Å². The number of piperidine rings is 1. The quantitative estimate of drug-likeness (QED) is 0.302. The molecule has 5 atom stereocenters. The number of carbonyl (C=O) groups is 3. The van der Waals surface area contributed by atoms with E-state index in [1.165, 1.54) is 77.0 Å². The zero-order chi connectivity index (χ0) is 29.2. The maximum Gasteiger partial charge on any atom is 0.243 e. The molecule has 2 aliphatic carbocycles. The van der Waals surface area contributed by atoms with Crippen molar-refractivity contribution in [2.45, 2.75) is 166 Å². The minimum atomic E-state index is -0.844. The van der Waals surface area contributed by atoms with Gasteiger partial charge >= 0.3 is 0 Å². The molecule has 2 aliphatic heterocycles. The predicted molar refractivity (Wildman–Crippen MR) is 164 cm³/mol. The average Bonchev–Trinajstić information content (AvgIpc) is 3.40. The highest BCUT2D eigenvalue weighted by Gasteiger charge is 2.51. The molecular weight excluding hydrogens is 514 g/mol. The third-order valence-electron chi connectivity index (χ3n) is 10.5. The van der Waals surface area contributed by atoms with E-state index in [1.807, 2.05) is 4.90 Å². The Labute approximate surface area is 249 Å². The van der Waals surface area contributed by atoms with Crippen LogP contribution in [0, 0.1) is 11.8 Å². The van der Waals surface area contributed by atoms with Crippen LogP contribution in [-0.4, -0.2) is 65.5 Å². The lowest BCUT2D eigenvalue weighted by Gasteiger charge is -2.45. The Bertz CT molecular complexity index is 856. The summed E-state index contributed by atoms with van der Waals surface area (Å²) in [6, 6.07) is -0.221. The molecule has 0 aromatic heterocycles. The summed E-state index contributed by atoms with van der Waals surface area (Å²) in [7, 11) is 0. The first-order valence-electron chi connectivity index (χ1n) is 17.2. The fraction of sp³-hybridized carbons (Fsp3) is 0.909. The van der Waals surface area contributed by atoms with Crippen molar-refractivity contribution >= 4 is 17.7 Å². The lowest BCUT2D eigenvalue weighted by atomic mass is 9.67. The average molecular weight is 574 g/mol. The van der Waals surface area contributed by atoms with Crippen LogP contribution in [0.1, 0.15) is 136 Å². The molecule has 3 amide bonds. The van der Waals surface area contributed by atoms with E-state index in [-0.39, 0.29) is 41.9 Å². The van der Waals surface area contributed by atoms with E-state index < -0.39 is 6.04 Å². The van der Waals surface area contributed by atoms with Crippen LogP contribution in [0.5, 0.6) is 0 Å². The molecule has 4 N–H and O–H groups in total. The molecule has 0 radical (unpaired) electrons. The van der Waals surface area contributed by atoms with Gasteiger partial charge in [0.25, 0.3) is 0 Å². The summed E-state index contributed by atoms with van der Waals surface area (Å²) < 4.78 is 0. The zero-order valence-corrected chi connectivity index (χ0v) is 26.3. The molecule has 4 rings (SSSR count). The zero-order valence-electron chi connectivity index (χ0n) is 26.3. The Morgan fingerprint density at radius 2 is 1.59 bits per heavy atom. The van der Waals surface area contributed by atoms with Gasteiger partial charge in [-0.25, -0.2) is 0 Å². The van der Waals surface area contributed by atoms with Crippen molar-refractivity contribution in [3.05, 3.63) is 0 Å². The molecule has 0 aromatic rings. The van der Waals surface area contributed by atoms with Crippen molar-refractivity contribution in [2.24, 2.45) is 11.8 Å². The van der Waals surface area contributed by atoms with Crippen molar-refractivity contribution in [1.82, 2.24) is 26.2 Å². The number of amides is 3. The number of hydrogen-bond acceptors (Lipinski definition) is 5. The summed E-state index contributed by atoms with van der Waals surface area (Å²) >= 11 is 0. The fourth-order valence-corrected chi connectivity index (χ4v) is 8.06. The van der Waals surface area contributed by atoms with Crippen LogP contribution < -0.4 is 21.3 Å². The smallest absolute Gasteiger partial charge is 0.243 e. The summed E-state index contributed by atoms with van der Waals surface area (Å²) in [4.78, 5) is 41.5. The topological polar surface area (TPSA) is 103 Å². The molecule has 2 saturated heterocycles. The van der Waals surface area contributed by atoms with Gasteiger partial charge in [0.05, 0.1) is 12.6 Å². The first-order valence-corrected chi connectivity index (χ1v) is 17.2. The van der Waals surface area contributed by atoms with E-state index in [1.54, 1.807) is 0 Å². The fourth-order valence-electron chi connectivity index (χ4n) is 8.06. The summed E-state index contributed by atoms with van der Waals surface area (Å²) in [5, 5.41) is 13.9. The second-order valence-corrected chi connectivity index (χ2v) is 14.0. The van der Waals surface area contributed by atoms with Crippen LogP contribution >= 0.6 is 0 Å². The van der Waals surface area contributed by atoms with Crippen LogP contribution in [0.2, 0.25) is 0 Å². The Morgan fingerprint density at radius 1 is 0.902 bits per heavy atom. The summed E-state index contributed by atoms with van der Waals surface area (Å²) in [5.74, 6) is 0.637. The summed E-state index contributed by atoms with van der Waals surface area (Å²) in [5.41, 5.74) is 0.114. The molecule has 0 spiro atoms. The van der Waals surface area contributed by atoms with Gasteiger partial charge in [0.15, 0.2) is 0 Å². The van der Waals surface area contributed by atoms with Crippen LogP contribution in [0.4, 0.5) is 0 Å². The van der Waals surface area contributed by atoms with E-state index >= 15 is 0 Å². The largest absolute Gasteiger partial charge is 0.351 e. The van der Waals surface area contributed by atoms with Crippen molar-refractivity contribution in [2.75, 3.05) is 13.1 Å². The second kappa shape index (κ2) is 15.7. The molecular formula is C33H59N5O3. The van der Waals surface area contributed by atoms with E-state index in [0.29, 0.717) is 30.8 Å². The van der Waals surface area contributed by atoms with E-state index in [2.05, 4.69) is 42.0 Å². The van der Waals surface area contributed by atoms with Crippen LogP contribution in [-0.2, 0) is 14.4 Å². The van der Waals surface area contributed by atoms with Crippen LogP contribution in [0.25, 0.3) is 0 Å². The Hall–Kier alpha value is -1.67. The van der Waals surface area contributed by atoms with Crippen molar-refractivity contribution in [3.63, 3.8) is 0 Å². The molecule has 2 saturated carbocycles. The van der Waals surface area contributed by atoms with Crippen molar-refractivity contribution in [3.8, 4) is 0 Å². The first kappa shape index (κ1) is 32.2. The van der Waals surface area contributed by atoms with Gasteiger partial charge in [-0.1, -0.05) is 65.2 Å². The lowest BCUT2D eigenvalue weighted by Crippen LogP contribution is -2.58. The number of fused-ring (bicyclic) bond motifs is 1. The maximum absolute atomic E-state index is 13.5. The summed E-state index contributed by atoms with van der Waals surface area (Å²) in [6.45, 7) is 7.44. The molecule has 0 bridgehead atoms. The van der Waals surface area contributed by atoms with Gasteiger partial charge in [-0.15, -0.1) is 0 Å². The molecule has 2 heterocycles. The van der Waals surface area contributed by atoms with Gasteiger partial charge in [0, 0.05) is 37.1 Å². The van der Waals surface area contributed by atoms with Gasteiger partial charge in [-0.3, -0.25) is 25.0 Å². The van der Waals surface area contributed by atoms with Crippen LogP contribution in [0.15, 0.2) is 0 Å². The number of nitrogens with one attached hydrogen (secondary N) is 4. The molecule has 8 heteroatoms. The number of rotatable bonds is 10. The second-order valence-electron chi connectivity index (χ2n) is 14.0. The molecule has 8 nitrogen and oxygen atoms in total. The monoisotopic (exact) mass is 573 g/mol. The van der Waals surface area contributed by atoms with Crippen LogP contribution in [0.3, 0.4) is 0 Å². The SMILES string of the molecule is CC(C)CCC(=O)N[C@@H](CC(=O)N1CCCC[C@@H]1C)C(=O)NCC1NC2CCCCC2(C2CCCCCCCC2)N1. The highest BCUT2D eigenvalue weighted by atomic mass is 16.2. The van der Waals surface area contributed by atoms with Crippen molar-refractivity contribution in [1.29, 1.82) is 0 Å². The minimum absolute atomic E-state index is 0.00443. The van der Waals surface area contributed by atoms with Gasteiger partial charge in [-0.2, -0.15) is 0 Å². The maximum atomic E-state index is 13.5. The number of likely N-dealkylation sites (tertiary alicyclic amines) is 1. The highest BCUT2D eigenvalue weighted by molar-refractivity contribution is 5.92. The van der Waals surface area contributed by atoms with Gasteiger partial charge < -0.3 is 15.5 Å². The van der Waals surface area contributed by atoms with Gasteiger partial charge in [0.1, 0.15) is 6.04 Å². The normalized spacial score (nSPS) is 30.5. The molecule has 234 valence electrons. The molecule has 4 aliphatic rings. The number of hydrogen-bond donors (Lipinski definition) is 4. The Morgan fingerprint density at radius 3 is 2.29 bits per heavy atom. The third kappa shape index (κ3) is 8.92. The van der Waals surface area contributed by atoms with Crippen molar-refractivity contribution < 1.29 is 14.4 Å². The third-order valence-corrected chi connectivity index (χ3v) is 10.5. The van der Waals surface area contributed by atoms with E-state index in [0.717, 1.165) is 32.2 Å².